The number of benzene rings is 2. The van der Waals surface area contributed by atoms with Gasteiger partial charge in [0.25, 0.3) is 0 Å². The van der Waals surface area contributed by atoms with E-state index in [1.54, 1.807) is 13.0 Å². The topological polar surface area (TPSA) is 63.7 Å². The van der Waals surface area contributed by atoms with Crippen LogP contribution < -0.4 is 4.90 Å². The van der Waals surface area contributed by atoms with Gasteiger partial charge in [-0.05, 0) is 50.3 Å². The van der Waals surface area contributed by atoms with Gasteiger partial charge in [-0.3, -0.25) is 0 Å². The van der Waals surface area contributed by atoms with Crippen LogP contribution in [0.2, 0.25) is 0 Å². The first-order valence-electron chi connectivity index (χ1n) is 12.2. The molecule has 0 spiro atoms. The zero-order valence-electron chi connectivity index (χ0n) is 20.8. The lowest BCUT2D eigenvalue weighted by Crippen LogP contribution is -2.38. The van der Waals surface area contributed by atoms with Crippen molar-refractivity contribution in [2.75, 3.05) is 30.1 Å². The second-order valence-corrected chi connectivity index (χ2v) is 11.9. The predicted molar refractivity (Wildman–Crippen MR) is 141 cm³/mol. The van der Waals surface area contributed by atoms with Gasteiger partial charge in [0.05, 0.1) is 28.5 Å². The van der Waals surface area contributed by atoms with Gasteiger partial charge in [-0.2, -0.15) is 0 Å². The number of esters is 1. The quantitative estimate of drug-likeness (QED) is 0.260. The summed E-state index contributed by atoms with van der Waals surface area (Å²) in [4.78, 5) is 15.8. The van der Waals surface area contributed by atoms with E-state index in [0.29, 0.717) is 17.8 Å². The SMILES string of the molecule is CCCCC1(CCCC)CN(c2ccccc2)c2cc(SC)c(C(=O)OCC)cc2S(=O)(=O)C1. The van der Waals surface area contributed by atoms with Gasteiger partial charge < -0.3 is 9.64 Å². The summed E-state index contributed by atoms with van der Waals surface area (Å²) in [7, 11) is -3.64. The standard InChI is InChI=1S/C27H37NO4S2/c1-5-8-15-27(16-9-6-2)19-28(21-13-11-10-12-14-21)23-18-24(33-4)22(26(29)32-7-3)17-25(23)34(30,31)20-27/h10-14,17-18H,5-9,15-16,19-20H2,1-4H3. The molecule has 0 saturated heterocycles. The Morgan fingerprint density at radius 2 is 1.71 bits per heavy atom. The third kappa shape index (κ3) is 5.80. The summed E-state index contributed by atoms with van der Waals surface area (Å²) in [6, 6.07) is 13.4. The molecule has 0 fully saturated rings. The Labute approximate surface area is 209 Å². The van der Waals surface area contributed by atoms with Crippen LogP contribution in [0, 0.1) is 5.41 Å². The van der Waals surface area contributed by atoms with E-state index < -0.39 is 15.8 Å². The average molecular weight is 504 g/mol. The molecule has 34 heavy (non-hydrogen) atoms. The first-order valence-corrected chi connectivity index (χ1v) is 15.1. The molecule has 0 amide bonds. The number of ether oxygens (including phenoxy) is 1. The van der Waals surface area contributed by atoms with Crippen LogP contribution in [0.25, 0.3) is 0 Å². The number of hydrogen-bond acceptors (Lipinski definition) is 6. The van der Waals surface area contributed by atoms with Gasteiger partial charge in [0.2, 0.25) is 0 Å². The van der Waals surface area contributed by atoms with Crippen molar-refractivity contribution in [3.8, 4) is 0 Å². The molecule has 1 aliphatic rings. The molecule has 1 aliphatic heterocycles. The molecule has 0 aromatic heterocycles. The van der Waals surface area contributed by atoms with Crippen molar-refractivity contribution < 1.29 is 17.9 Å². The molecular weight excluding hydrogens is 466 g/mol. The molecule has 0 unspecified atom stereocenters. The summed E-state index contributed by atoms with van der Waals surface area (Å²) in [5.41, 5.74) is 1.58. The number of sulfone groups is 1. The smallest absolute Gasteiger partial charge is 0.339 e. The van der Waals surface area contributed by atoms with Crippen molar-refractivity contribution in [2.45, 2.75) is 69.1 Å². The minimum absolute atomic E-state index is 0.0945. The van der Waals surface area contributed by atoms with Gasteiger partial charge in [-0.15, -0.1) is 11.8 Å². The largest absolute Gasteiger partial charge is 0.462 e. The number of fused-ring (bicyclic) bond motifs is 1. The van der Waals surface area contributed by atoms with Crippen LogP contribution in [0.3, 0.4) is 0 Å². The number of para-hydroxylation sites is 1. The van der Waals surface area contributed by atoms with E-state index in [1.807, 2.05) is 42.7 Å². The Balaban J connectivity index is 2.27. The number of nitrogens with zero attached hydrogens (tertiary/aromatic N) is 1. The normalized spacial score (nSPS) is 16.5. The first kappa shape index (κ1) is 26.6. The van der Waals surface area contributed by atoms with Crippen molar-refractivity contribution in [2.24, 2.45) is 5.41 Å². The maximum Gasteiger partial charge on any atom is 0.339 e. The Kier molecular flexibility index (Phi) is 9.10. The molecule has 0 aliphatic carbocycles. The number of anilines is 2. The first-order chi connectivity index (χ1) is 16.3. The number of hydrogen-bond donors (Lipinski definition) is 0. The van der Waals surface area contributed by atoms with E-state index >= 15 is 0 Å². The van der Waals surface area contributed by atoms with Crippen LogP contribution in [0.5, 0.6) is 0 Å². The number of carbonyl (C=O) groups excluding carboxylic acids is 1. The van der Waals surface area contributed by atoms with Crippen molar-refractivity contribution in [1.29, 1.82) is 0 Å². The lowest BCUT2D eigenvalue weighted by atomic mass is 9.79. The third-order valence-electron chi connectivity index (χ3n) is 6.58. The van der Waals surface area contributed by atoms with E-state index in [1.165, 1.54) is 11.8 Å². The van der Waals surface area contributed by atoms with Crippen LogP contribution in [0.15, 0.2) is 52.3 Å². The Morgan fingerprint density at radius 3 is 2.26 bits per heavy atom. The minimum atomic E-state index is -3.64. The highest BCUT2D eigenvalue weighted by molar-refractivity contribution is 7.98. The van der Waals surface area contributed by atoms with E-state index in [-0.39, 0.29) is 22.7 Å². The van der Waals surface area contributed by atoms with Gasteiger partial charge in [-0.1, -0.05) is 57.7 Å². The van der Waals surface area contributed by atoms with Crippen LogP contribution in [0.4, 0.5) is 11.4 Å². The van der Waals surface area contributed by atoms with Crippen LogP contribution in [-0.4, -0.2) is 39.5 Å². The van der Waals surface area contributed by atoms with Gasteiger partial charge in [0, 0.05) is 22.5 Å². The summed E-state index contributed by atoms with van der Waals surface area (Å²) < 4.78 is 33.2. The molecule has 0 bridgehead atoms. The van der Waals surface area contributed by atoms with Crippen molar-refractivity contribution in [3.63, 3.8) is 0 Å². The number of thioether (sulfide) groups is 1. The van der Waals surface area contributed by atoms with Gasteiger partial charge in [-0.25, -0.2) is 13.2 Å². The summed E-state index contributed by atoms with van der Waals surface area (Å²) in [6.45, 7) is 6.93. The molecule has 0 saturated carbocycles. The lowest BCUT2D eigenvalue weighted by molar-refractivity contribution is 0.0522. The van der Waals surface area contributed by atoms with E-state index in [9.17, 15) is 13.2 Å². The van der Waals surface area contributed by atoms with E-state index in [2.05, 4.69) is 18.7 Å². The molecule has 1 heterocycles. The summed E-state index contributed by atoms with van der Waals surface area (Å²) in [5.74, 6) is -0.388. The molecular formula is C27H37NO4S2. The maximum atomic E-state index is 14.0. The maximum absolute atomic E-state index is 14.0. The average Bonchev–Trinajstić information content (AvgIpc) is 2.93. The van der Waals surface area contributed by atoms with Gasteiger partial charge in [0.1, 0.15) is 0 Å². The molecule has 2 aromatic carbocycles. The molecule has 0 atom stereocenters. The van der Waals surface area contributed by atoms with E-state index in [4.69, 9.17) is 4.74 Å². The molecule has 7 heteroatoms. The van der Waals surface area contributed by atoms with Crippen molar-refractivity contribution in [1.82, 2.24) is 0 Å². The van der Waals surface area contributed by atoms with Crippen molar-refractivity contribution in [3.05, 3.63) is 48.0 Å². The fraction of sp³-hybridized carbons (Fsp3) is 0.519. The Morgan fingerprint density at radius 1 is 1.06 bits per heavy atom. The number of unbranched alkanes of at least 4 members (excludes halogenated alkanes) is 2. The lowest BCUT2D eigenvalue weighted by Gasteiger charge is -2.37. The molecule has 0 radical (unpaired) electrons. The number of carbonyl (C=O) groups is 1. The summed E-state index contributed by atoms with van der Waals surface area (Å²) in [6.07, 6.45) is 7.64. The molecule has 0 N–H and O–H groups in total. The predicted octanol–water partition coefficient (Wildman–Crippen LogP) is 6.88. The monoisotopic (exact) mass is 503 g/mol. The third-order valence-corrected chi connectivity index (χ3v) is 9.35. The highest BCUT2D eigenvalue weighted by atomic mass is 32.2. The second-order valence-electron chi connectivity index (χ2n) is 9.13. The van der Waals surface area contributed by atoms with Crippen LogP contribution in [-0.2, 0) is 14.6 Å². The molecule has 2 aromatic rings. The summed E-state index contributed by atoms with van der Waals surface area (Å²) >= 11 is 1.43. The van der Waals surface area contributed by atoms with Gasteiger partial charge >= 0.3 is 5.97 Å². The second kappa shape index (κ2) is 11.6. The summed E-state index contributed by atoms with van der Waals surface area (Å²) in [5, 5.41) is 0. The van der Waals surface area contributed by atoms with Gasteiger partial charge in [0.15, 0.2) is 9.84 Å². The zero-order valence-corrected chi connectivity index (χ0v) is 22.4. The minimum Gasteiger partial charge on any atom is -0.462 e. The van der Waals surface area contributed by atoms with Crippen molar-refractivity contribution >= 4 is 38.9 Å². The zero-order chi connectivity index (χ0) is 24.8. The Hall–Kier alpha value is -1.99. The fourth-order valence-corrected chi connectivity index (χ4v) is 7.58. The fourth-order valence-electron chi connectivity index (χ4n) is 4.86. The molecule has 186 valence electrons. The molecule has 5 nitrogen and oxygen atoms in total. The van der Waals surface area contributed by atoms with E-state index in [0.717, 1.165) is 49.1 Å². The highest BCUT2D eigenvalue weighted by Crippen LogP contribution is 2.46. The highest BCUT2D eigenvalue weighted by Gasteiger charge is 2.42. The van der Waals surface area contributed by atoms with Crippen LogP contribution in [0.1, 0.15) is 69.7 Å². The number of rotatable bonds is 10. The van der Waals surface area contributed by atoms with Crippen LogP contribution >= 0.6 is 11.8 Å². The molecule has 3 rings (SSSR count). The Bertz CT molecular complexity index is 1080.